The van der Waals surface area contributed by atoms with Crippen LogP contribution in [0.2, 0.25) is 0 Å². The van der Waals surface area contributed by atoms with Gasteiger partial charge in [0.25, 0.3) is 0 Å². The molecule has 0 aliphatic heterocycles. The van der Waals surface area contributed by atoms with Crippen LogP contribution in [0, 0.1) is 5.82 Å². The summed E-state index contributed by atoms with van der Waals surface area (Å²) in [4.78, 5) is 5.90. The van der Waals surface area contributed by atoms with Crippen LogP contribution in [0.4, 0.5) is 0 Å². The summed E-state index contributed by atoms with van der Waals surface area (Å²) in [5.41, 5.74) is 0. The molecular formula is C8H10N4+2. The van der Waals surface area contributed by atoms with Gasteiger partial charge < -0.3 is 4.98 Å². The lowest BCUT2D eigenvalue weighted by molar-refractivity contribution is -0.835. The summed E-state index contributed by atoms with van der Waals surface area (Å²) in [7, 11) is 0. The molecule has 4 heteroatoms. The van der Waals surface area contributed by atoms with Gasteiger partial charge in [0.2, 0.25) is 0 Å². The second-order valence-electron chi connectivity index (χ2n) is 2.45. The van der Waals surface area contributed by atoms with E-state index in [2.05, 4.69) is 16.5 Å². The molecule has 2 rings (SSSR count). The number of rotatable bonds is 2. The van der Waals surface area contributed by atoms with E-state index in [1.165, 1.54) is 0 Å². The minimum Gasteiger partial charge on any atom is -0.324 e. The fourth-order valence-corrected chi connectivity index (χ4v) is 1.03. The Morgan fingerprint density at radius 2 is 1.50 bits per heavy atom. The first-order chi connectivity index (χ1) is 5.88. The third-order valence-corrected chi connectivity index (χ3v) is 1.69. The Morgan fingerprint density at radius 1 is 1.00 bits per heavy atom. The van der Waals surface area contributed by atoms with Gasteiger partial charge in [-0.05, 0) is 0 Å². The molecule has 0 aliphatic carbocycles. The first-order valence-electron chi connectivity index (χ1n) is 3.65. The van der Waals surface area contributed by atoms with E-state index in [4.69, 9.17) is 0 Å². The Hall–Kier alpha value is -1.84. The summed E-state index contributed by atoms with van der Waals surface area (Å²) in [6, 6.07) is 0. The summed E-state index contributed by atoms with van der Waals surface area (Å²) in [5.74, 6) is 0.873. The van der Waals surface area contributed by atoms with Crippen LogP contribution in [0.1, 0.15) is 0 Å². The molecule has 2 aromatic heterocycles. The molecule has 0 spiro atoms. The number of nitrogens with zero attached hydrogens (tertiary/aromatic N) is 2. The van der Waals surface area contributed by atoms with Crippen molar-refractivity contribution in [1.29, 1.82) is 0 Å². The minimum atomic E-state index is 0.873. The zero-order valence-electron chi connectivity index (χ0n) is 6.57. The molecule has 0 radical (unpaired) electrons. The predicted molar refractivity (Wildman–Crippen MR) is 41.6 cm³/mol. The summed E-state index contributed by atoms with van der Waals surface area (Å²) >= 11 is 0. The number of aromatic amines is 2. The average Bonchev–Trinajstić information content (AvgIpc) is 2.77. The number of nitrogens with one attached hydrogen (secondary N) is 2. The van der Waals surface area contributed by atoms with Crippen molar-refractivity contribution in [2.45, 2.75) is 0 Å². The monoisotopic (exact) mass is 162 g/mol. The number of hydrogen-bond donors (Lipinski definition) is 2. The van der Waals surface area contributed by atoms with Crippen LogP contribution in [0.25, 0.3) is 0 Å². The van der Waals surface area contributed by atoms with E-state index < -0.39 is 0 Å². The van der Waals surface area contributed by atoms with E-state index in [0.717, 1.165) is 5.82 Å². The first kappa shape index (κ1) is 6.84. The lowest BCUT2D eigenvalue weighted by Crippen LogP contribution is -2.50. The molecule has 4 nitrogen and oxygen atoms in total. The Balaban J connectivity index is 2.34. The van der Waals surface area contributed by atoms with Crippen LogP contribution >= 0.6 is 0 Å². The van der Waals surface area contributed by atoms with E-state index in [-0.39, 0.29) is 0 Å². The SMILES string of the molecule is C=C([n+]1cc[nH]c1)[n+]1cc[nH]c1. The lowest BCUT2D eigenvalue weighted by Gasteiger charge is -1.89. The summed E-state index contributed by atoms with van der Waals surface area (Å²) in [6.07, 6.45) is 11.2. The van der Waals surface area contributed by atoms with E-state index >= 15 is 0 Å². The zero-order valence-corrected chi connectivity index (χ0v) is 6.57. The maximum Gasteiger partial charge on any atom is 0.343 e. The van der Waals surface area contributed by atoms with Crippen molar-refractivity contribution < 1.29 is 9.13 Å². The first-order valence-corrected chi connectivity index (χ1v) is 3.65. The van der Waals surface area contributed by atoms with Crippen molar-refractivity contribution in [2.75, 3.05) is 0 Å². The molecule has 0 bridgehead atoms. The van der Waals surface area contributed by atoms with Gasteiger partial charge in [0.1, 0.15) is 6.20 Å². The van der Waals surface area contributed by atoms with Crippen molar-refractivity contribution in [3.05, 3.63) is 49.8 Å². The predicted octanol–water partition coefficient (Wildman–Crippen LogP) is -0.288. The molecule has 0 aliphatic rings. The van der Waals surface area contributed by atoms with Crippen molar-refractivity contribution >= 4 is 0 Å². The van der Waals surface area contributed by atoms with Gasteiger partial charge in [-0.15, -0.1) is 4.57 Å². The van der Waals surface area contributed by atoms with Crippen LogP contribution in [0.3, 0.4) is 0 Å². The normalized spacial score (nSPS) is 10.0. The molecule has 2 N–H and O–H groups in total. The van der Waals surface area contributed by atoms with Crippen LogP contribution in [0.15, 0.2) is 44.0 Å². The van der Waals surface area contributed by atoms with Gasteiger partial charge in [0.05, 0.1) is 6.20 Å². The minimum absolute atomic E-state index is 0.873. The highest BCUT2D eigenvalue weighted by Gasteiger charge is 2.12. The highest BCUT2D eigenvalue weighted by Crippen LogP contribution is 1.77. The second kappa shape index (κ2) is 2.65. The standard InChI is InChI=1S/C8H8N4/c1-8(11-4-2-9-6-11)12-5-3-10-7-12/h2-7H,1H2/p+2. The Kier molecular flexibility index (Phi) is 1.51. The van der Waals surface area contributed by atoms with Gasteiger partial charge in [-0.25, -0.2) is 4.98 Å². The fraction of sp³-hybridized carbons (Fsp3) is 0. The molecule has 0 saturated carbocycles. The molecule has 2 heterocycles. The van der Waals surface area contributed by atoms with Crippen molar-refractivity contribution in [3.8, 4) is 0 Å². The van der Waals surface area contributed by atoms with Gasteiger partial charge in [-0.2, -0.15) is 4.57 Å². The fourth-order valence-electron chi connectivity index (χ4n) is 1.03. The highest BCUT2D eigenvalue weighted by atomic mass is 15.2. The Morgan fingerprint density at radius 3 is 1.83 bits per heavy atom. The molecule has 0 fully saturated rings. The third-order valence-electron chi connectivity index (χ3n) is 1.69. The zero-order chi connectivity index (χ0) is 8.39. The maximum atomic E-state index is 3.93. The Labute approximate surface area is 69.8 Å². The van der Waals surface area contributed by atoms with Gasteiger partial charge in [0.15, 0.2) is 18.7 Å². The van der Waals surface area contributed by atoms with E-state index in [0.29, 0.717) is 0 Å². The van der Waals surface area contributed by atoms with Gasteiger partial charge in [0, 0.05) is 6.58 Å². The third kappa shape index (κ3) is 1.03. The van der Waals surface area contributed by atoms with Gasteiger partial charge in [-0.1, -0.05) is 0 Å². The number of hydrogen-bond acceptors (Lipinski definition) is 0. The molecule has 0 atom stereocenters. The second-order valence-corrected chi connectivity index (χ2v) is 2.45. The molecular weight excluding hydrogens is 152 g/mol. The highest BCUT2D eigenvalue weighted by molar-refractivity contribution is 4.64. The largest absolute Gasteiger partial charge is 0.343 e. The van der Waals surface area contributed by atoms with Crippen LogP contribution in [0.5, 0.6) is 0 Å². The van der Waals surface area contributed by atoms with Crippen LogP contribution < -0.4 is 9.13 Å². The smallest absolute Gasteiger partial charge is 0.324 e. The molecule has 0 aromatic carbocycles. The molecule has 2 aromatic rings. The topological polar surface area (TPSA) is 39.3 Å². The van der Waals surface area contributed by atoms with E-state index in [1.54, 1.807) is 0 Å². The molecule has 0 saturated heterocycles. The van der Waals surface area contributed by atoms with Gasteiger partial charge >= 0.3 is 12.1 Å². The molecule has 0 amide bonds. The van der Waals surface area contributed by atoms with Crippen molar-refractivity contribution in [1.82, 2.24) is 9.97 Å². The summed E-state index contributed by atoms with van der Waals surface area (Å²) < 4.78 is 3.79. The molecule has 60 valence electrons. The summed E-state index contributed by atoms with van der Waals surface area (Å²) in [6.45, 7) is 3.93. The van der Waals surface area contributed by atoms with Crippen molar-refractivity contribution in [2.24, 2.45) is 0 Å². The Bertz CT molecular complexity index is 321. The number of imidazole rings is 2. The molecule has 12 heavy (non-hydrogen) atoms. The quantitative estimate of drug-likeness (QED) is 0.570. The molecule has 0 unspecified atom stereocenters. The van der Waals surface area contributed by atoms with Crippen LogP contribution in [-0.4, -0.2) is 9.97 Å². The summed E-state index contributed by atoms with van der Waals surface area (Å²) in [5, 5.41) is 0. The van der Waals surface area contributed by atoms with Crippen LogP contribution in [-0.2, 0) is 0 Å². The number of aromatic nitrogens is 4. The van der Waals surface area contributed by atoms with E-state index in [1.807, 2.05) is 46.6 Å². The number of H-pyrrole nitrogens is 2. The van der Waals surface area contributed by atoms with Crippen molar-refractivity contribution in [3.63, 3.8) is 0 Å². The average molecular weight is 162 g/mol. The van der Waals surface area contributed by atoms with E-state index in [9.17, 15) is 0 Å². The maximum absolute atomic E-state index is 3.93. The van der Waals surface area contributed by atoms with Gasteiger partial charge in [-0.3, -0.25) is 0 Å². The lowest BCUT2D eigenvalue weighted by atomic mass is 10.7.